The van der Waals surface area contributed by atoms with Gasteiger partial charge in [-0.05, 0) is 54.0 Å². The lowest BCUT2D eigenvalue weighted by atomic mass is 10.2. The standard InChI is InChI=1S/C24H25N3O2S/c1-2-25-24(30)27-26-16-21-13-14-22(28-17-19-9-5-3-6-10-19)23(15-21)29-18-20-11-7-4-8-12-20/h3-16H,2,17-18H2,1H3,(H2,25,27,30). The Morgan fingerprint density at radius 1 is 0.867 bits per heavy atom. The molecule has 0 unspecified atom stereocenters. The number of thiocarbonyl (C=S) groups is 1. The largest absolute Gasteiger partial charge is 0.485 e. The molecule has 0 fully saturated rings. The second-order valence-corrected chi connectivity index (χ2v) is 6.89. The van der Waals surface area contributed by atoms with Crippen molar-refractivity contribution in [1.82, 2.24) is 10.7 Å². The minimum atomic E-state index is 0.450. The van der Waals surface area contributed by atoms with Gasteiger partial charge >= 0.3 is 0 Å². The van der Waals surface area contributed by atoms with E-state index in [1.807, 2.05) is 85.8 Å². The molecule has 0 amide bonds. The second kappa shape index (κ2) is 11.6. The predicted molar refractivity (Wildman–Crippen MR) is 125 cm³/mol. The zero-order chi connectivity index (χ0) is 21.0. The van der Waals surface area contributed by atoms with E-state index in [4.69, 9.17) is 21.7 Å². The third-order valence-electron chi connectivity index (χ3n) is 4.16. The fourth-order valence-electron chi connectivity index (χ4n) is 2.67. The minimum absolute atomic E-state index is 0.450. The molecular weight excluding hydrogens is 394 g/mol. The maximum Gasteiger partial charge on any atom is 0.186 e. The first kappa shape index (κ1) is 21.3. The lowest BCUT2D eigenvalue weighted by Gasteiger charge is -2.14. The number of nitrogens with zero attached hydrogens (tertiary/aromatic N) is 1. The number of nitrogens with one attached hydrogen (secondary N) is 2. The zero-order valence-corrected chi connectivity index (χ0v) is 17.7. The van der Waals surface area contributed by atoms with Crippen molar-refractivity contribution in [2.75, 3.05) is 6.54 Å². The first-order valence-corrected chi connectivity index (χ1v) is 10.2. The van der Waals surface area contributed by atoms with E-state index >= 15 is 0 Å². The van der Waals surface area contributed by atoms with Crippen molar-refractivity contribution in [3.05, 3.63) is 95.6 Å². The number of ether oxygens (including phenoxy) is 2. The summed E-state index contributed by atoms with van der Waals surface area (Å²) in [5.41, 5.74) is 5.84. The second-order valence-electron chi connectivity index (χ2n) is 6.48. The van der Waals surface area contributed by atoms with Gasteiger partial charge in [-0.2, -0.15) is 5.10 Å². The predicted octanol–water partition coefficient (Wildman–Crippen LogP) is 4.66. The van der Waals surface area contributed by atoms with Gasteiger partial charge in [0.05, 0.1) is 6.21 Å². The van der Waals surface area contributed by atoms with Crippen LogP contribution in [-0.2, 0) is 13.2 Å². The lowest BCUT2D eigenvalue weighted by Crippen LogP contribution is -2.31. The molecule has 0 aliphatic carbocycles. The molecule has 2 N–H and O–H groups in total. The molecule has 0 radical (unpaired) electrons. The summed E-state index contributed by atoms with van der Waals surface area (Å²) in [7, 11) is 0. The topological polar surface area (TPSA) is 54.9 Å². The molecule has 0 bridgehead atoms. The quantitative estimate of drug-likeness (QED) is 0.300. The van der Waals surface area contributed by atoms with Crippen LogP contribution in [0.2, 0.25) is 0 Å². The highest BCUT2D eigenvalue weighted by molar-refractivity contribution is 7.80. The monoisotopic (exact) mass is 419 g/mol. The van der Waals surface area contributed by atoms with Gasteiger partial charge in [0.1, 0.15) is 13.2 Å². The zero-order valence-electron chi connectivity index (χ0n) is 16.9. The van der Waals surface area contributed by atoms with Crippen LogP contribution in [0.25, 0.3) is 0 Å². The van der Waals surface area contributed by atoms with Gasteiger partial charge in [0.25, 0.3) is 0 Å². The molecule has 0 heterocycles. The van der Waals surface area contributed by atoms with E-state index in [9.17, 15) is 0 Å². The Labute approximate surface area is 182 Å². The summed E-state index contributed by atoms with van der Waals surface area (Å²) < 4.78 is 12.1. The molecule has 0 atom stereocenters. The Balaban J connectivity index is 1.72. The molecule has 30 heavy (non-hydrogen) atoms. The Bertz CT molecular complexity index is 963. The van der Waals surface area contributed by atoms with Crippen molar-refractivity contribution >= 4 is 23.5 Å². The van der Waals surface area contributed by atoms with E-state index < -0.39 is 0 Å². The van der Waals surface area contributed by atoms with Gasteiger partial charge < -0.3 is 14.8 Å². The minimum Gasteiger partial charge on any atom is -0.485 e. The van der Waals surface area contributed by atoms with Crippen LogP contribution in [0.5, 0.6) is 11.5 Å². The Hall–Kier alpha value is -3.38. The van der Waals surface area contributed by atoms with Crippen LogP contribution in [0, 0.1) is 0 Å². The van der Waals surface area contributed by atoms with Crippen molar-refractivity contribution in [2.45, 2.75) is 20.1 Å². The molecular formula is C24H25N3O2S. The van der Waals surface area contributed by atoms with Gasteiger partial charge in [-0.25, -0.2) is 0 Å². The molecule has 0 saturated heterocycles. The summed E-state index contributed by atoms with van der Waals surface area (Å²) in [5, 5.41) is 7.64. The first-order valence-electron chi connectivity index (χ1n) is 9.79. The molecule has 0 aliphatic heterocycles. The molecule has 3 rings (SSSR count). The molecule has 3 aromatic rings. The third-order valence-corrected chi connectivity index (χ3v) is 4.39. The molecule has 0 aliphatic rings. The summed E-state index contributed by atoms with van der Waals surface area (Å²) in [4.78, 5) is 0. The fraction of sp³-hybridized carbons (Fsp3) is 0.167. The van der Waals surface area contributed by atoms with E-state index in [1.54, 1.807) is 6.21 Å². The number of hydrogen-bond donors (Lipinski definition) is 2. The molecule has 0 aromatic heterocycles. The van der Waals surface area contributed by atoms with E-state index in [1.165, 1.54) is 0 Å². The van der Waals surface area contributed by atoms with Gasteiger partial charge in [-0.15, -0.1) is 0 Å². The average molecular weight is 420 g/mol. The molecule has 6 heteroatoms. The van der Waals surface area contributed by atoms with Crippen LogP contribution in [-0.4, -0.2) is 17.9 Å². The maximum absolute atomic E-state index is 6.07. The van der Waals surface area contributed by atoms with Crippen LogP contribution in [0.3, 0.4) is 0 Å². The Kier molecular flexibility index (Phi) is 8.23. The summed E-state index contributed by atoms with van der Waals surface area (Å²) in [6.45, 7) is 3.63. The molecule has 5 nitrogen and oxygen atoms in total. The van der Waals surface area contributed by atoms with Crippen LogP contribution in [0.1, 0.15) is 23.6 Å². The van der Waals surface area contributed by atoms with Gasteiger partial charge in [0, 0.05) is 6.54 Å². The summed E-state index contributed by atoms with van der Waals surface area (Å²) in [6.07, 6.45) is 1.69. The molecule has 154 valence electrons. The van der Waals surface area contributed by atoms with Gasteiger partial charge in [-0.1, -0.05) is 60.7 Å². The number of hydrogen-bond acceptors (Lipinski definition) is 4. The number of hydrazone groups is 1. The highest BCUT2D eigenvalue weighted by Gasteiger charge is 2.08. The summed E-state index contributed by atoms with van der Waals surface area (Å²) in [6, 6.07) is 25.8. The van der Waals surface area contributed by atoms with Crippen molar-refractivity contribution in [1.29, 1.82) is 0 Å². The van der Waals surface area contributed by atoms with Crippen molar-refractivity contribution < 1.29 is 9.47 Å². The molecule has 0 spiro atoms. The Morgan fingerprint density at radius 2 is 1.47 bits per heavy atom. The van der Waals surface area contributed by atoms with Gasteiger partial charge in [0.2, 0.25) is 0 Å². The van der Waals surface area contributed by atoms with Crippen LogP contribution >= 0.6 is 12.2 Å². The van der Waals surface area contributed by atoms with Gasteiger partial charge in [0.15, 0.2) is 16.6 Å². The van der Waals surface area contributed by atoms with E-state index in [0.29, 0.717) is 29.8 Å². The third kappa shape index (κ3) is 6.90. The smallest absolute Gasteiger partial charge is 0.186 e. The van der Waals surface area contributed by atoms with Crippen molar-refractivity contribution in [2.24, 2.45) is 5.10 Å². The van der Waals surface area contributed by atoms with Gasteiger partial charge in [-0.3, -0.25) is 5.43 Å². The van der Waals surface area contributed by atoms with Crippen LogP contribution < -0.4 is 20.2 Å². The number of rotatable bonds is 9. The highest BCUT2D eigenvalue weighted by Crippen LogP contribution is 2.29. The fourth-order valence-corrected chi connectivity index (χ4v) is 2.87. The highest BCUT2D eigenvalue weighted by atomic mass is 32.1. The first-order chi connectivity index (χ1) is 14.7. The molecule has 0 saturated carbocycles. The normalized spacial score (nSPS) is 10.6. The van der Waals surface area contributed by atoms with Crippen LogP contribution in [0.4, 0.5) is 0 Å². The van der Waals surface area contributed by atoms with Crippen molar-refractivity contribution in [3.8, 4) is 11.5 Å². The Morgan fingerprint density at radius 3 is 2.07 bits per heavy atom. The number of benzene rings is 3. The van der Waals surface area contributed by atoms with E-state index in [2.05, 4.69) is 15.8 Å². The summed E-state index contributed by atoms with van der Waals surface area (Å²) in [5.74, 6) is 1.34. The molecule has 3 aromatic carbocycles. The van der Waals surface area contributed by atoms with E-state index in [-0.39, 0.29) is 0 Å². The maximum atomic E-state index is 6.07. The lowest BCUT2D eigenvalue weighted by molar-refractivity contribution is 0.256. The van der Waals surface area contributed by atoms with E-state index in [0.717, 1.165) is 23.2 Å². The van der Waals surface area contributed by atoms with Crippen LogP contribution in [0.15, 0.2) is 84.0 Å². The average Bonchev–Trinajstić information content (AvgIpc) is 2.78. The van der Waals surface area contributed by atoms with Crippen molar-refractivity contribution in [3.63, 3.8) is 0 Å². The summed E-state index contributed by atoms with van der Waals surface area (Å²) >= 11 is 5.11. The SMILES string of the molecule is CCNC(=S)NN=Cc1ccc(OCc2ccccc2)c(OCc2ccccc2)c1.